The molecule has 0 aliphatic rings. The Hall–Kier alpha value is -1.51. The minimum atomic E-state index is -0.924. The van der Waals surface area contributed by atoms with Gasteiger partial charge in [-0.1, -0.05) is 26.0 Å². The third kappa shape index (κ3) is 2.54. The molecule has 1 aromatic rings. The van der Waals surface area contributed by atoms with Crippen molar-refractivity contribution in [1.29, 1.82) is 0 Å². The Bertz CT molecular complexity index is 385. The maximum absolute atomic E-state index is 10.8. The van der Waals surface area contributed by atoms with Crippen molar-refractivity contribution < 1.29 is 15.0 Å². The van der Waals surface area contributed by atoms with Crippen LogP contribution in [-0.2, 0) is 4.79 Å². The monoisotopic (exact) mass is 222 g/mol. The molecule has 0 aliphatic heterocycles. The highest BCUT2D eigenvalue weighted by atomic mass is 16.4. The van der Waals surface area contributed by atoms with Gasteiger partial charge in [0.15, 0.2) is 0 Å². The second kappa shape index (κ2) is 5.01. The molecule has 3 heteroatoms. The average molecular weight is 222 g/mol. The maximum atomic E-state index is 10.8. The van der Waals surface area contributed by atoms with Gasteiger partial charge in [-0.3, -0.25) is 4.79 Å². The topological polar surface area (TPSA) is 57.5 Å². The minimum absolute atomic E-state index is 0.0766. The fraction of sp³-hybridized carbons (Fsp3) is 0.462. The van der Waals surface area contributed by atoms with Crippen molar-refractivity contribution in [2.75, 3.05) is 0 Å². The van der Waals surface area contributed by atoms with Gasteiger partial charge in [0.2, 0.25) is 0 Å². The molecule has 2 N–H and O–H groups in total. The van der Waals surface area contributed by atoms with Crippen LogP contribution in [0.15, 0.2) is 18.2 Å². The molecule has 1 aromatic carbocycles. The second-order valence-electron chi connectivity index (χ2n) is 4.19. The molecule has 16 heavy (non-hydrogen) atoms. The Morgan fingerprint density at radius 2 is 2.00 bits per heavy atom. The third-order valence-electron chi connectivity index (χ3n) is 3.07. The molecule has 0 amide bonds. The molecule has 0 heterocycles. The Balaban J connectivity index is 3.04. The lowest BCUT2D eigenvalue weighted by molar-refractivity contribution is -0.138. The van der Waals surface area contributed by atoms with Gasteiger partial charge in [-0.2, -0.15) is 0 Å². The first-order chi connectivity index (χ1) is 7.47. The first-order valence-electron chi connectivity index (χ1n) is 5.53. The van der Waals surface area contributed by atoms with E-state index in [2.05, 4.69) is 13.8 Å². The largest absolute Gasteiger partial charge is 0.508 e. The molecule has 0 fully saturated rings. The van der Waals surface area contributed by atoms with Crippen LogP contribution in [0.5, 0.6) is 5.75 Å². The standard InChI is InChI=1S/C13H18O3/c1-4-8(2)10-5-6-11(12(14)7-10)9(3)13(15)16/h5-9,14H,4H2,1-3H3,(H,15,16). The van der Waals surface area contributed by atoms with E-state index in [-0.39, 0.29) is 5.75 Å². The van der Waals surface area contributed by atoms with Gasteiger partial charge in [-0.25, -0.2) is 0 Å². The number of hydrogen-bond donors (Lipinski definition) is 2. The van der Waals surface area contributed by atoms with Crippen LogP contribution in [0.2, 0.25) is 0 Å². The number of carbonyl (C=O) groups is 1. The Kier molecular flexibility index (Phi) is 3.93. The Labute approximate surface area is 95.7 Å². The number of rotatable bonds is 4. The van der Waals surface area contributed by atoms with E-state index >= 15 is 0 Å². The van der Waals surface area contributed by atoms with Crippen molar-refractivity contribution in [2.45, 2.75) is 39.0 Å². The summed E-state index contributed by atoms with van der Waals surface area (Å²) in [5.41, 5.74) is 1.51. The first-order valence-corrected chi connectivity index (χ1v) is 5.53. The van der Waals surface area contributed by atoms with Gasteiger partial charge >= 0.3 is 5.97 Å². The molecule has 0 saturated heterocycles. The summed E-state index contributed by atoms with van der Waals surface area (Å²) in [4.78, 5) is 10.8. The smallest absolute Gasteiger partial charge is 0.310 e. The Morgan fingerprint density at radius 3 is 2.44 bits per heavy atom. The predicted octanol–water partition coefficient (Wildman–Crippen LogP) is 3.09. The van der Waals surface area contributed by atoms with E-state index in [1.807, 2.05) is 6.07 Å². The SMILES string of the molecule is CCC(C)c1ccc(C(C)C(=O)O)c(O)c1. The molecular weight excluding hydrogens is 204 g/mol. The van der Waals surface area contributed by atoms with Gasteiger partial charge in [0.25, 0.3) is 0 Å². The van der Waals surface area contributed by atoms with Crippen LogP contribution in [0, 0.1) is 0 Å². The van der Waals surface area contributed by atoms with E-state index in [0.717, 1.165) is 12.0 Å². The summed E-state index contributed by atoms with van der Waals surface area (Å²) in [5, 5.41) is 18.7. The number of benzene rings is 1. The van der Waals surface area contributed by atoms with Gasteiger partial charge in [-0.05, 0) is 30.9 Å². The number of carboxylic acid groups (broad SMARTS) is 1. The van der Waals surface area contributed by atoms with Crippen LogP contribution in [-0.4, -0.2) is 16.2 Å². The van der Waals surface area contributed by atoms with E-state index in [4.69, 9.17) is 5.11 Å². The van der Waals surface area contributed by atoms with Crippen LogP contribution < -0.4 is 0 Å². The van der Waals surface area contributed by atoms with Gasteiger partial charge in [-0.15, -0.1) is 0 Å². The molecule has 0 spiro atoms. The van der Waals surface area contributed by atoms with Crippen LogP contribution in [0.4, 0.5) is 0 Å². The third-order valence-corrected chi connectivity index (χ3v) is 3.07. The fourth-order valence-electron chi connectivity index (χ4n) is 1.60. The van der Waals surface area contributed by atoms with E-state index in [1.165, 1.54) is 0 Å². The summed E-state index contributed by atoms with van der Waals surface area (Å²) in [6.45, 7) is 5.73. The molecule has 88 valence electrons. The highest BCUT2D eigenvalue weighted by Gasteiger charge is 2.18. The number of hydrogen-bond acceptors (Lipinski definition) is 2. The van der Waals surface area contributed by atoms with Crippen molar-refractivity contribution >= 4 is 5.97 Å². The van der Waals surface area contributed by atoms with Gasteiger partial charge in [0, 0.05) is 5.56 Å². The average Bonchev–Trinajstić information content (AvgIpc) is 2.26. The number of carboxylic acids is 1. The van der Waals surface area contributed by atoms with Crippen molar-refractivity contribution in [3.63, 3.8) is 0 Å². The number of phenols is 1. The van der Waals surface area contributed by atoms with E-state index in [9.17, 15) is 9.90 Å². The van der Waals surface area contributed by atoms with Crippen molar-refractivity contribution in [2.24, 2.45) is 0 Å². The molecule has 2 unspecified atom stereocenters. The van der Waals surface area contributed by atoms with Crippen LogP contribution in [0.25, 0.3) is 0 Å². The minimum Gasteiger partial charge on any atom is -0.508 e. The lowest BCUT2D eigenvalue weighted by Gasteiger charge is -2.13. The molecular formula is C13H18O3. The molecule has 0 radical (unpaired) electrons. The zero-order valence-electron chi connectivity index (χ0n) is 9.90. The van der Waals surface area contributed by atoms with Crippen LogP contribution >= 0.6 is 0 Å². The number of phenolic OH excluding ortho intramolecular Hbond substituents is 1. The van der Waals surface area contributed by atoms with Crippen LogP contribution in [0.3, 0.4) is 0 Å². The van der Waals surface area contributed by atoms with Crippen molar-refractivity contribution in [1.82, 2.24) is 0 Å². The Morgan fingerprint density at radius 1 is 1.38 bits per heavy atom. The zero-order valence-corrected chi connectivity index (χ0v) is 9.90. The zero-order chi connectivity index (χ0) is 12.3. The van der Waals surface area contributed by atoms with Crippen LogP contribution in [0.1, 0.15) is 50.2 Å². The summed E-state index contributed by atoms with van der Waals surface area (Å²) < 4.78 is 0. The highest BCUT2D eigenvalue weighted by molar-refractivity contribution is 5.76. The second-order valence-corrected chi connectivity index (χ2v) is 4.19. The number of aromatic hydroxyl groups is 1. The summed E-state index contributed by atoms with van der Waals surface area (Å²) >= 11 is 0. The quantitative estimate of drug-likeness (QED) is 0.823. The van der Waals surface area contributed by atoms with Gasteiger partial charge < -0.3 is 10.2 Å². The summed E-state index contributed by atoms with van der Waals surface area (Å²) in [6, 6.07) is 5.27. The molecule has 0 bridgehead atoms. The van der Waals surface area contributed by atoms with E-state index < -0.39 is 11.9 Å². The normalized spacial score (nSPS) is 14.4. The predicted molar refractivity (Wildman–Crippen MR) is 62.9 cm³/mol. The summed E-state index contributed by atoms with van der Waals surface area (Å²) in [7, 11) is 0. The van der Waals surface area contributed by atoms with E-state index in [0.29, 0.717) is 11.5 Å². The summed E-state index contributed by atoms with van der Waals surface area (Å²) in [5.74, 6) is -1.15. The van der Waals surface area contributed by atoms with Crippen molar-refractivity contribution in [3.8, 4) is 5.75 Å². The highest BCUT2D eigenvalue weighted by Crippen LogP contribution is 2.30. The summed E-state index contributed by atoms with van der Waals surface area (Å²) in [6.07, 6.45) is 0.993. The first kappa shape index (κ1) is 12.6. The fourth-order valence-corrected chi connectivity index (χ4v) is 1.60. The molecule has 0 aliphatic carbocycles. The van der Waals surface area contributed by atoms with Crippen molar-refractivity contribution in [3.05, 3.63) is 29.3 Å². The molecule has 3 nitrogen and oxygen atoms in total. The molecule has 1 rings (SSSR count). The van der Waals surface area contributed by atoms with Gasteiger partial charge in [0.05, 0.1) is 5.92 Å². The lowest BCUT2D eigenvalue weighted by Crippen LogP contribution is -2.07. The maximum Gasteiger partial charge on any atom is 0.310 e. The van der Waals surface area contributed by atoms with E-state index in [1.54, 1.807) is 19.1 Å². The molecule has 0 saturated carbocycles. The molecule has 2 atom stereocenters. The lowest BCUT2D eigenvalue weighted by atomic mass is 9.93. The molecule has 0 aromatic heterocycles. The number of aliphatic carboxylic acids is 1. The van der Waals surface area contributed by atoms with Gasteiger partial charge in [0.1, 0.15) is 5.75 Å².